The molecule has 0 aliphatic carbocycles. The lowest BCUT2D eigenvalue weighted by molar-refractivity contribution is 0.412. The molecule has 0 bridgehead atoms. The van der Waals surface area contributed by atoms with Crippen LogP contribution in [0.15, 0.2) is 12.1 Å². The van der Waals surface area contributed by atoms with Crippen LogP contribution in [0.3, 0.4) is 0 Å². The summed E-state index contributed by atoms with van der Waals surface area (Å²) in [6.07, 6.45) is 1.08. The van der Waals surface area contributed by atoms with E-state index in [9.17, 15) is 0 Å². The van der Waals surface area contributed by atoms with Crippen LogP contribution in [0.4, 0.5) is 0 Å². The number of ether oxygens (including phenoxy) is 1. The maximum Gasteiger partial charge on any atom is 0.119 e. The predicted molar refractivity (Wildman–Crippen MR) is 73.7 cm³/mol. The van der Waals surface area contributed by atoms with Crippen LogP contribution in [0, 0.1) is 19.8 Å². The summed E-state index contributed by atoms with van der Waals surface area (Å²) in [6.45, 7) is 9.66. The van der Waals surface area contributed by atoms with E-state index >= 15 is 0 Å². The van der Waals surface area contributed by atoms with Crippen molar-refractivity contribution in [3.63, 3.8) is 0 Å². The highest BCUT2D eigenvalue weighted by molar-refractivity contribution is 5.43. The molecule has 0 heterocycles. The van der Waals surface area contributed by atoms with Crippen LogP contribution in [0.25, 0.3) is 0 Å². The minimum Gasteiger partial charge on any atom is -0.497 e. The molecule has 0 aliphatic heterocycles. The van der Waals surface area contributed by atoms with Crippen LogP contribution < -0.4 is 10.5 Å². The second kappa shape index (κ2) is 6.06. The van der Waals surface area contributed by atoms with Gasteiger partial charge >= 0.3 is 0 Å². The zero-order valence-electron chi connectivity index (χ0n) is 11.7. The molecule has 2 atom stereocenters. The smallest absolute Gasteiger partial charge is 0.119 e. The Balaban J connectivity index is 3.05. The third kappa shape index (κ3) is 3.22. The van der Waals surface area contributed by atoms with E-state index in [1.54, 1.807) is 7.11 Å². The quantitative estimate of drug-likeness (QED) is 0.849. The highest BCUT2D eigenvalue weighted by Crippen LogP contribution is 2.33. The summed E-state index contributed by atoms with van der Waals surface area (Å²) < 4.78 is 5.30. The number of methoxy groups -OCH3 is 1. The molecule has 0 radical (unpaired) electrons. The largest absolute Gasteiger partial charge is 0.497 e. The zero-order valence-corrected chi connectivity index (χ0v) is 11.7. The van der Waals surface area contributed by atoms with Crippen molar-refractivity contribution in [2.24, 2.45) is 11.7 Å². The third-order valence-corrected chi connectivity index (χ3v) is 3.73. The maximum absolute atomic E-state index is 5.65. The summed E-state index contributed by atoms with van der Waals surface area (Å²) in [6, 6.07) is 4.24. The number of nitrogens with two attached hydrogens (primary N) is 1. The summed E-state index contributed by atoms with van der Waals surface area (Å²) in [5.74, 6) is 2.11. The third-order valence-electron chi connectivity index (χ3n) is 3.73. The molecule has 1 rings (SSSR count). The Morgan fingerprint density at radius 3 is 2.12 bits per heavy atom. The molecular formula is C15H25NO. The number of hydrogen-bond donors (Lipinski definition) is 1. The number of rotatable bonds is 5. The fraction of sp³-hybridized carbons (Fsp3) is 0.600. The van der Waals surface area contributed by atoms with E-state index in [0.29, 0.717) is 11.8 Å². The molecule has 2 heteroatoms. The van der Waals surface area contributed by atoms with Crippen molar-refractivity contribution in [2.45, 2.75) is 40.0 Å². The normalized spacial score (nSPS) is 14.5. The molecule has 2 N–H and O–H groups in total. The molecule has 0 saturated carbocycles. The van der Waals surface area contributed by atoms with Crippen molar-refractivity contribution in [1.29, 1.82) is 0 Å². The lowest BCUT2D eigenvalue weighted by Gasteiger charge is -2.24. The van der Waals surface area contributed by atoms with Crippen molar-refractivity contribution in [3.05, 3.63) is 28.8 Å². The molecule has 2 unspecified atom stereocenters. The Kier molecular flexibility index (Phi) is 5.01. The van der Waals surface area contributed by atoms with Gasteiger partial charge in [-0.2, -0.15) is 0 Å². The highest BCUT2D eigenvalue weighted by atomic mass is 16.5. The van der Waals surface area contributed by atoms with Crippen LogP contribution in [0.1, 0.15) is 42.9 Å². The monoisotopic (exact) mass is 235 g/mol. The number of benzene rings is 1. The maximum atomic E-state index is 5.65. The van der Waals surface area contributed by atoms with E-state index in [0.717, 1.165) is 18.7 Å². The fourth-order valence-electron chi connectivity index (χ4n) is 2.57. The molecule has 1 aromatic carbocycles. The van der Waals surface area contributed by atoms with Gasteiger partial charge in [-0.25, -0.2) is 0 Å². The molecule has 0 spiro atoms. The molecule has 0 amide bonds. The Morgan fingerprint density at radius 2 is 1.71 bits per heavy atom. The van der Waals surface area contributed by atoms with Gasteiger partial charge in [0.15, 0.2) is 0 Å². The molecule has 0 aromatic heterocycles. The van der Waals surface area contributed by atoms with Gasteiger partial charge < -0.3 is 10.5 Å². The van der Waals surface area contributed by atoms with Crippen LogP contribution in [-0.4, -0.2) is 13.7 Å². The number of hydrogen-bond acceptors (Lipinski definition) is 2. The average Bonchev–Trinajstić information content (AvgIpc) is 2.28. The van der Waals surface area contributed by atoms with E-state index in [-0.39, 0.29) is 0 Å². The average molecular weight is 235 g/mol. The van der Waals surface area contributed by atoms with E-state index < -0.39 is 0 Å². The van der Waals surface area contributed by atoms with Crippen molar-refractivity contribution in [1.82, 2.24) is 0 Å². The van der Waals surface area contributed by atoms with E-state index in [1.165, 1.54) is 16.7 Å². The predicted octanol–water partition coefficient (Wildman–Crippen LogP) is 3.40. The van der Waals surface area contributed by atoms with Gasteiger partial charge in [-0.05, 0) is 67.5 Å². The first-order valence-corrected chi connectivity index (χ1v) is 6.36. The van der Waals surface area contributed by atoms with Crippen molar-refractivity contribution < 1.29 is 4.74 Å². The Labute approximate surface area is 105 Å². The van der Waals surface area contributed by atoms with Crippen molar-refractivity contribution >= 4 is 0 Å². The van der Waals surface area contributed by atoms with Gasteiger partial charge in [-0.3, -0.25) is 0 Å². The van der Waals surface area contributed by atoms with Crippen molar-refractivity contribution in [2.75, 3.05) is 13.7 Å². The van der Waals surface area contributed by atoms with Gasteiger partial charge in [0, 0.05) is 0 Å². The highest BCUT2D eigenvalue weighted by Gasteiger charge is 2.18. The van der Waals surface area contributed by atoms with E-state index in [1.807, 2.05) is 0 Å². The summed E-state index contributed by atoms with van der Waals surface area (Å²) in [7, 11) is 1.72. The van der Waals surface area contributed by atoms with Crippen molar-refractivity contribution in [3.8, 4) is 5.75 Å². The molecule has 1 aromatic rings. The van der Waals surface area contributed by atoms with Crippen LogP contribution in [0.2, 0.25) is 0 Å². The van der Waals surface area contributed by atoms with Crippen LogP contribution in [-0.2, 0) is 0 Å². The molecule has 0 aliphatic rings. The minimum atomic E-state index is 0.546. The lowest BCUT2D eigenvalue weighted by Crippen LogP contribution is -2.14. The summed E-state index contributed by atoms with van der Waals surface area (Å²) in [5.41, 5.74) is 9.73. The molecule has 17 heavy (non-hydrogen) atoms. The second-order valence-corrected chi connectivity index (χ2v) is 5.02. The molecule has 2 nitrogen and oxygen atoms in total. The first kappa shape index (κ1) is 14.0. The van der Waals surface area contributed by atoms with E-state index in [4.69, 9.17) is 10.5 Å². The number of aryl methyl sites for hydroxylation is 2. The first-order chi connectivity index (χ1) is 8.01. The zero-order chi connectivity index (χ0) is 13.0. The molecule has 0 saturated heterocycles. The molecular weight excluding hydrogens is 210 g/mol. The summed E-state index contributed by atoms with van der Waals surface area (Å²) >= 11 is 0. The molecule has 0 fully saturated rings. The van der Waals surface area contributed by atoms with Gasteiger partial charge in [0.05, 0.1) is 7.11 Å². The second-order valence-electron chi connectivity index (χ2n) is 5.02. The topological polar surface area (TPSA) is 35.2 Å². The van der Waals surface area contributed by atoms with Gasteiger partial charge in [0.1, 0.15) is 5.75 Å². The fourth-order valence-corrected chi connectivity index (χ4v) is 2.57. The Bertz CT molecular complexity index is 350. The minimum absolute atomic E-state index is 0.546. The Hall–Kier alpha value is -1.02. The van der Waals surface area contributed by atoms with Gasteiger partial charge in [0.25, 0.3) is 0 Å². The van der Waals surface area contributed by atoms with Crippen LogP contribution in [0.5, 0.6) is 5.75 Å². The van der Waals surface area contributed by atoms with E-state index in [2.05, 4.69) is 39.8 Å². The Morgan fingerprint density at radius 1 is 1.18 bits per heavy atom. The van der Waals surface area contributed by atoms with Crippen LogP contribution >= 0.6 is 0 Å². The summed E-state index contributed by atoms with van der Waals surface area (Å²) in [4.78, 5) is 0. The van der Waals surface area contributed by atoms with Gasteiger partial charge in [0.2, 0.25) is 0 Å². The SMILES string of the molecule is COc1cc(C)c(C(C)C(C)CCN)c(C)c1. The lowest BCUT2D eigenvalue weighted by atomic mass is 9.82. The first-order valence-electron chi connectivity index (χ1n) is 6.36. The summed E-state index contributed by atoms with van der Waals surface area (Å²) in [5, 5.41) is 0. The molecule has 96 valence electrons. The van der Waals surface area contributed by atoms with Gasteiger partial charge in [-0.1, -0.05) is 13.8 Å². The standard InChI is InChI=1S/C15H25NO/c1-10(6-7-16)13(4)15-11(2)8-14(17-5)9-12(15)3/h8-10,13H,6-7,16H2,1-5H3. The van der Waals surface area contributed by atoms with Gasteiger partial charge in [-0.15, -0.1) is 0 Å².